The van der Waals surface area contributed by atoms with Crippen molar-refractivity contribution in [3.05, 3.63) is 42.2 Å². The summed E-state index contributed by atoms with van der Waals surface area (Å²) in [5.41, 5.74) is 0.987. The molecule has 4 rings (SSSR count). The molecule has 7 nitrogen and oxygen atoms in total. The predicted molar refractivity (Wildman–Crippen MR) is 88.8 cm³/mol. The molecule has 0 aromatic carbocycles. The van der Waals surface area contributed by atoms with Gasteiger partial charge in [0, 0.05) is 6.20 Å². The van der Waals surface area contributed by atoms with Gasteiger partial charge >= 0.3 is 5.97 Å². The number of ether oxygens (including phenoxy) is 1. The van der Waals surface area contributed by atoms with E-state index >= 15 is 0 Å². The third-order valence-electron chi connectivity index (χ3n) is 4.50. The number of anilines is 3. The van der Waals surface area contributed by atoms with Crippen LogP contribution in [-0.4, -0.2) is 46.3 Å². The lowest BCUT2D eigenvalue weighted by molar-refractivity contribution is 0.0696. The molecular formula is C17H18N4O3. The van der Waals surface area contributed by atoms with Crippen LogP contribution in [0.2, 0.25) is 0 Å². The van der Waals surface area contributed by atoms with Gasteiger partial charge in [0.05, 0.1) is 42.7 Å². The van der Waals surface area contributed by atoms with Crippen molar-refractivity contribution in [2.45, 2.75) is 24.9 Å². The highest BCUT2D eigenvalue weighted by atomic mass is 16.5. The fraction of sp³-hybridized carbons (Fsp3) is 0.353. The Hall–Kier alpha value is -2.67. The van der Waals surface area contributed by atoms with Crippen LogP contribution in [0.15, 0.2) is 36.7 Å². The van der Waals surface area contributed by atoms with E-state index in [9.17, 15) is 9.90 Å². The van der Waals surface area contributed by atoms with Gasteiger partial charge in [0.25, 0.3) is 0 Å². The number of fused-ring (bicyclic) bond motifs is 2. The van der Waals surface area contributed by atoms with Crippen molar-refractivity contribution in [3.63, 3.8) is 0 Å². The number of hydrogen-bond donors (Lipinski definition) is 2. The second-order valence-electron chi connectivity index (χ2n) is 6.10. The zero-order chi connectivity index (χ0) is 16.5. The molecule has 2 aliphatic heterocycles. The highest BCUT2D eigenvalue weighted by Crippen LogP contribution is 2.34. The number of aromatic nitrogens is 2. The van der Waals surface area contributed by atoms with E-state index in [0.29, 0.717) is 24.8 Å². The summed E-state index contributed by atoms with van der Waals surface area (Å²) in [7, 11) is 0. The second-order valence-corrected chi connectivity index (χ2v) is 6.10. The van der Waals surface area contributed by atoms with E-state index in [4.69, 9.17) is 4.74 Å². The summed E-state index contributed by atoms with van der Waals surface area (Å²) in [5, 5.41) is 12.6. The Morgan fingerprint density at radius 1 is 1.29 bits per heavy atom. The first-order valence-electron chi connectivity index (χ1n) is 7.99. The van der Waals surface area contributed by atoms with Gasteiger partial charge in [-0.25, -0.2) is 9.78 Å². The van der Waals surface area contributed by atoms with Gasteiger partial charge in [-0.15, -0.1) is 0 Å². The molecule has 0 radical (unpaired) electrons. The summed E-state index contributed by atoms with van der Waals surface area (Å²) in [6, 6.07) is 7.40. The Morgan fingerprint density at radius 2 is 2.08 bits per heavy atom. The molecule has 2 saturated heterocycles. The molecule has 24 heavy (non-hydrogen) atoms. The van der Waals surface area contributed by atoms with Crippen molar-refractivity contribution in [3.8, 4) is 0 Å². The van der Waals surface area contributed by atoms with Crippen LogP contribution in [0, 0.1) is 0 Å². The molecular weight excluding hydrogens is 308 g/mol. The summed E-state index contributed by atoms with van der Waals surface area (Å²) < 4.78 is 5.60. The van der Waals surface area contributed by atoms with Crippen LogP contribution in [-0.2, 0) is 4.74 Å². The van der Waals surface area contributed by atoms with Gasteiger partial charge < -0.3 is 20.1 Å². The van der Waals surface area contributed by atoms with Gasteiger partial charge in [-0.2, -0.15) is 0 Å². The van der Waals surface area contributed by atoms with Crippen LogP contribution in [0.25, 0.3) is 0 Å². The Labute approximate surface area is 139 Å². The Kier molecular flexibility index (Phi) is 3.78. The summed E-state index contributed by atoms with van der Waals surface area (Å²) in [6.07, 6.45) is 5.46. The molecule has 2 N–H and O–H groups in total. The van der Waals surface area contributed by atoms with Gasteiger partial charge in [0.15, 0.2) is 0 Å². The van der Waals surface area contributed by atoms with E-state index in [1.165, 1.54) is 0 Å². The summed E-state index contributed by atoms with van der Waals surface area (Å²) >= 11 is 0. The van der Waals surface area contributed by atoms with Crippen molar-refractivity contribution >= 4 is 23.3 Å². The normalized spacial score (nSPS) is 22.4. The average molecular weight is 326 g/mol. The van der Waals surface area contributed by atoms with Crippen molar-refractivity contribution in [2.75, 3.05) is 23.4 Å². The third kappa shape index (κ3) is 2.78. The number of carboxylic acids is 1. The topological polar surface area (TPSA) is 87.6 Å². The van der Waals surface area contributed by atoms with Crippen LogP contribution in [0.5, 0.6) is 0 Å². The number of nitrogens with one attached hydrogen (secondary N) is 1. The Bertz CT molecular complexity index is 737. The molecule has 2 bridgehead atoms. The molecule has 0 saturated carbocycles. The number of hydrogen-bond acceptors (Lipinski definition) is 6. The Morgan fingerprint density at radius 3 is 2.75 bits per heavy atom. The second kappa shape index (κ2) is 6.09. The van der Waals surface area contributed by atoms with Crippen LogP contribution in [0.1, 0.15) is 23.2 Å². The largest absolute Gasteiger partial charge is 0.478 e. The number of carboxylic acid groups (broad SMARTS) is 1. The number of morpholine rings is 1. The molecule has 0 spiro atoms. The van der Waals surface area contributed by atoms with Crippen molar-refractivity contribution < 1.29 is 14.6 Å². The Balaban J connectivity index is 1.70. The highest BCUT2D eigenvalue weighted by molar-refractivity contribution is 5.90. The van der Waals surface area contributed by atoms with Crippen LogP contribution in [0.4, 0.5) is 17.3 Å². The lowest BCUT2D eigenvalue weighted by Gasteiger charge is -2.35. The minimum absolute atomic E-state index is 0.220. The van der Waals surface area contributed by atoms with E-state index in [-0.39, 0.29) is 17.6 Å². The van der Waals surface area contributed by atoms with Crippen molar-refractivity contribution in [1.29, 1.82) is 0 Å². The van der Waals surface area contributed by atoms with E-state index in [0.717, 1.165) is 18.5 Å². The van der Waals surface area contributed by atoms with Crippen molar-refractivity contribution in [1.82, 2.24) is 9.97 Å². The van der Waals surface area contributed by atoms with Crippen LogP contribution in [0.3, 0.4) is 0 Å². The van der Waals surface area contributed by atoms with E-state index in [1.807, 2.05) is 12.1 Å². The maximum atomic E-state index is 11.5. The average Bonchev–Trinajstić information content (AvgIpc) is 2.84. The van der Waals surface area contributed by atoms with Gasteiger partial charge in [-0.1, -0.05) is 0 Å². The number of rotatable bonds is 4. The molecule has 0 amide bonds. The first-order chi connectivity index (χ1) is 11.7. The molecule has 2 aromatic rings. The monoisotopic (exact) mass is 326 g/mol. The molecule has 2 aromatic heterocycles. The lowest BCUT2D eigenvalue weighted by atomic mass is 10.2. The molecule has 2 aliphatic rings. The minimum Gasteiger partial charge on any atom is -0.478 e. The maximum absolute atomic E-state index is 11.5. The molecule has 7 heteroatoms. The third-order valence-corrected chi connectivity index (χ3v) is 4.50. The first kappa shape index (κ1) is 14.9. The molecule has 2 atom stereocenters. The summed E-state index contributed by atoms with van der Waals surface area (Å²) in [6.45, 7) is 1.34. The first-order valence-corrected chi connectivity index (χ1v) is 7.99. The van der Waals surface area contributed by atoms with Crippen molar-refractivity contribution in [2.24, 2.45) is 0 Å². The SMILES string of the molecule is O=C(O)c1cc(Nc2cccnc2)nc(N2[C@@H]3CC[C@H]2COC3)c1. The zero-order valence-corrected chi connectivity index (χ0v) is 13.1. The fourth-order valence-corrected chi connectivity index (χ4v) is 3.42. The number of aromatic carboxylic acids is 1. The minimum atomic E-state index is -0.964. The fourth-order valence-electron chi connectivity index (χ4n) is 3.42. The maximum Gasteiger partial charge on any atom is 0.335 e. The summed E-state index contributed by atoms with van der Waals surface area (Å²) in [5.74, 6) is 0.231. The van der Waals surface area contributed by atoms with E-state index in [2.05, 4.69) is 20.2 Å². The quantitative estimate of drug-likeness (QED) is 0.891. The van der Waals surface area contributed by atoms with E-state index in [1.54, 1.807) is 24.5 Å². The molecule has 4 heterocycles. The highest BCUT2D eigenvalue weighted by Gasteiger charge is 2.38. The molecule has 124 valence electrons. The molecule has 2 fully saturated rings. The predicted octanol–water partition coefficient (Wildman–Crippen LogP) is 2.29. The lowest BCUT2D eigenvalue weighted by Crippen LogP contribution is -2.46. The van der Waals surface area contributed by atoms with Gasteiger partial charge in [-0.3, -0.25) is 4.98 Å². The zero-order valence-electron chi connectivity index (χ0n) is 13.1. The summed E-state index contributed by atoms with van der Waals surface area (Å²) in [4.78, 5) is 22.4. The number of carbonyl (C=O) groups is 1. The number of pyridine rings is 2. The molecule has 0 aliphatic carbocycles. The smallest absolute Gasteiger partial charge is 0.335 e. The van der Waals surface area contributed by atoms with Gasteiger partial charge in [-0.05, 0) is 37.1 Å². The van der Waals surface area contributed by atoms with E-state index < -0.39 is 5.97 Å². The molecule has 0 unspecified atom stereocenters. The number of nitrogens with zero attached hydrogens (tertiary/aromatic N) is 3. The van der Waals surface area contributed by atoms with Gasteiger partial charge in [0.2, 0.25) is 0 Å². The van der Waals surface area contributed by atoms with Crippen LogP contribution >= 0.6 is 0 Å². The standard InChI is InChI=1S/C17H18N4O3/c22-17(23)11-6-15(19-12-2-1-5-18-8-12)20-16(7-11)21-13-3-4-14(21)10-24-9-13/h1-2,5-8,13-14H,3-4,9-10H2,(H,19,20)(H,22,23)/t13-,14+. The van der Waals surface area contributed by atoms with Crippen LogP contribution < -0.4 is 10.2 Å². The van der Waals surface area contributed by atoms with Gasteiger partial charge in [0.1, 0.15) is 11.6 Å².